The first-order chi connectivity index (χ1) is 26.9. The number of fused-ring (bicyclic) bond motifs is 5. The van der Waals surface area contributed by atoms with Crippen LogP contribution in [0.15, 0.2) is 115 Å². The minimum absolute atomic E-state index is 0.00130. The van der Waals surface area contributed by atoms with E-state index in [-0.39, 0.29) is 23.0 Å². The highest BCUT2D eigenvalue weighted by Crippen LogP contribution is 2.48. The fourth-order valence-electron chi connectivity index (χ4n) is 9.30. The standard InChI is InChI=1S/C53H55BN2S/c1-32-25-46-49-47(26-32)56(50-33(2)27-40(28-34(50)3)53(10,11)12)45-30-36(35-14-22-48-37(29-35)23-24-57-48)13-20-42(45)54(49)43-31-39(52(7,8)9)17-21-44(43)55(46)41-18-15-38(16-19-41)51(4,5)6/h13-31H,1-12H3. The fourth-order valence-corrected chi connectivity index (χ4v) is 10.1. The predicted octanol–water partition coefficient (Wildman–Crippen LogP) is 13.5. The Morgan fingerprint density at radius 1 is 0.474 bits per heavy atom. The van der Waals surface area contributed by atoms with Crippen molar-refractivity contribution in [3.63, 3.8) is 0 Å². The molecule has 2 aliphatic rings. The molecule has 0 atom stereocenters. The van der Waals surface area contributed by atoms with E-state index < -0.39 is 0 Å². The van der Waals surface area contributed by atoms with Gasteiger partial charge in [-0.2, -0.15) is 0 Å². The second kappa shape index (κ2) is 13.0. The first-order valence-corrected chi connectivity index (χ1v) is 21.5. The van der Waals surface area contributed by atoms with Crippen molar-refractivity contribution in [3.05, 3.63) is 148 Å². The van der Waals surface area contributed by atoms with Gasteiger partial charge in [-0.15, -0.1) is 11.3 Å². The summed E-state index contributed by atoms with van der Waals surface area (Å²) in [5.74, 6) is 0. The zero-order valence-electron chi connectivity index (χ0n) is 35.8. The lowest BCUT2D eigenvalue weighted by Gasteiger charge is -2.45. The van der Waals surface area contributed by atoms with Gasteiger partial charge in [0.05, 0.1) is 5.69 Å². The molecule has 2 aliphatic heterocycles. The molecule has 7 aromatic rings. The normalized spacial score (nSPS) is 13.9. The Kier molecular flexibility index (Phi) is 8.54. The van der Waals surface area contributed by atoms with Crippen LogP contribution in [0.3, 0.4) is 0 Å². The van der Waals surface area contributed by atoms with Crippen LogP contribution in [0.4, 0.5) is 34.1 Å². The summed E-state index contributed by atoms with van der Waals surface area (Å²) in [4.78, 5) is 5.17. The number of benzene rings is 6. The summed E-state index contributed by atoms with van der Waals surface area (Å²) in [6.45, 7) is 27.8. The largest absolute Gasteiger partial charge is 0.311 e. The van der Waals surface area contributed by atoms with E-state index in [0.717, 1.165) is 0 Å². The third-order valence-corrected chi connectivity index (χ3v) is 13.3. The Morgan fingerprint density at radius 3 is 1.72 bits per heavy atom. The lowest BCUT2D eigenvalue weighted by Crippen LogP contribution is -2.61. The van der Waals surface area contributed by atoms with Gasteiger partial charge in [-0.05, 0) is 163 Å². The molecule has 1 aromatic heterocycles. The van der Waals surface area contributed by atoms with E-state index in [1.165, 1.54) is 105 Å². The van der Waals surface area contributed by atoms with Crippen LogP contribution in [0.5, 0.6) is 0 Å². The molecule has 286 valence electrons. The van der Waals surface area contributed by atoms with Gasteiger partial charge < -0.3 is 9.80 Å². The molecule has 3 heterocycles. The highest BCUT2D eigenvalue weighted by molar-refractivity contribution is 7.17. The van der Waals surface area contributed by atoms with E-state index in [0.29, 0.717) is 0 Å². The molecule has 0 saturated heterocycles. The highest BCUT2D eigenvalue weighted by atomic mass is 32.1. The van der Waals surface area contributed by atoms with Gasteiger partial charge in [0.15, 0.2) is 0 Å². The smallest absolute Gasteiger partial charge is 0.252 e. The number of nitrogens with zero attached hydrogens (tertiary/aromatic N) is 2. The minimum Gasteiger partial charge on any atom is -0.311 e. The van der Waals surface area contributed by atoms with Crippen LogP contribution < -0.4 is 26.2 Å². The third-order valence-electron chi connectivity index (χ3n) is 12.4. The molecule has 57 heavy (non-hydrogen) atoms. The maximum absolute atomic E-state index is 2.63. The number of hydrogen-bond acceptors (Lipinski definition) is 3. The fraction of sp³-hybridized carbons (Fsp3) is 0.283. The van der Waals surface area contributed by atoms with Crippen LogP contribution >= 0.6 is 11.3 Å². The Bertz CT molecular complexity index is 2710. The van der Waals surface area contributed by atoms with Crippen molar-refractivity contribution in [1.29, 1.82) is 0 Å². The number of rotatable bonds is 3. The van der Waals surface area contributed by atoms with Crippen molar-refractivity contribution in [3.8, 4) is 11.1 Å². The quantitative estimate of drug-likeness (QED) is 0.165. The van der Waals surface area contributed by atoms with Gasteiger partial charge >= 0.3 is 0 Å². The van der Waals surface area contributed by atoms with E-state index in [1.54, 1.807) is 11.3 Å². The molecule has 0 radical (unpaired) electrons. The number of aryl methyl sites for hydroxylation is 3. The Balaban J connectivity index is 1.36. The minimum atomic E-state index is 0.00130. The number of thiophene rings is 1. The zero-order valence-corrected chi connectivity index (χ0v) is 36.7. The second-order valence-electron chi connectivity index (χ2n) is 19.8. The van der Waals surface area contributed by atoms with Gasteiger partial charge in [0.2, 0.25) is 0 Å². The first-order valence-electron chi connectivity index (χ1n) is 20.6. The summed E-state index contributed by atoms with van der Waals surface area (Å²) < 4.78 is 1.33. The molecule has 0 spiro atoms. The molecule has 0 unspecified atom stereocenters. The summed E-state index contributed by atoms with van der Waals surface area (Å²) in [7, 11) is 0. The maximum atomic E-state index is 2.63. The maximum Gasteiger partial charge on any atom is 0.252 e. The molecular weight excluding hydrogens is 707 g/mol. The zero-order chi connectivity index (χ0) is 40.3. The van der Waals surface area contributed by atoms with Crippen LogP contribution in [-0.2, 0) is 16.2 Å². The summed E-state index contributed by atoms with van der Waals surface area (Å²) in [5.41, 5.74) is 22.1. The molecule has 2 nitrogen and oxygen atoms in total. The highest BCUT2D eigenvalue weighted by Gasteiger charge is 2.44. The summed E-state index contributed by atoms with van der Waals surface area (Å²) in [6, 6.07) is 42.8. The first kappa shape index (κ1) is 37.5. The topological polar surface area (TPSA) is 6.48 Å². The molecule has 0 saturated carbocycles. The predicted molar refractivity (Wildman–Crippen MR) is 252 cm³/mol. The van der Waals surface area contributed by atoms with Crippen LogP contribution in [-0.4, -0.2) is 6.71 Å². The molecule has 0 N–H and O–H groups in total. The van der Waals surface area contributed by atoms with Gasteiger partial charge in [0.25, 0.3) is 6.71 Å². The number of anilines is 6. The van der Waals surface area contributed by atoms with E-state index in [9.17, 15) is 0 Å². The molecule has 0 aliphatic carbocycles. The molecule has 0 fully saturated rings. The van der Waals surface area contributed by atoms with Crippen molar-refractivity contribution >= 4 is 78.6 Å². The van der Waals surface area contributed by atoms with Crippen molar-refractivity contribution in [2.24, 2.45) is 0 Å². The molecule has 4 heteroatoms. The Morgan fingerprint density at radius 2 is 1.07 bits per heavy atom. The van der Waals surface area contributed by atoms with Crippen LogP contribution in [0, 0.1) is 20.8 Å². The molecule has 6 aromatic carbocycles. The summed E-state index contributed by atoms with van der Waals surface area (Å²) in [6.07, 6.45) is 0. The van der Waals surface area contributed by atoms with E-state index in [2.05, 4.69) is 207 Å². The van der Waals surface area contributed by atoms with E-state index in [1.807, 2.05) is 0 Å². The summed E-state index contributed by atoms with van der Waals surface area (Å²) >= 11 is 1.81. The second-order valence-corrected chi connectivity index (χ2v) is 20.7. The van der Waals surface area contributed by atoms with Crippen molar-refractivity contribution < 1.29 is 0 Å². The van der Waals surface area contributed by atoms with Crippen molar-refractivity contribution in [2.75, 3.05) is 9.80 Å². The van der Waals surface area contributed by atoms with Crippen LogP contribution in [0.2, 0.25) is 0 Å². The van der Waals surface area contributed by atoms with E-state index >= 15 is 0 Å². The lowest BCUT2D eigenvalue weighted by molar-refractivity contribution is 0.589. The van der Waals surface area contributed by atoms with Gasteiger partial charge in [-0.25, -0.2) is 0 Å². The monoisotopic (exact) mass is 762 g/mol. The SMILES string of the molecule is Cc1cc2c3c(c1)N(c1c(C)cc(C(C)(C)C)cc1C)c1cc(-c4ccc5sccc5c4)ccc1B3c1cc(C(C)(C)C)ccc1N2c1ccc(C(C)(C)C)cc1. The van der Waals surface area contributed by atoms with Gasteiger partial charge in [-0.1, -0.05) is 117 Å². The summed E-state index contributed by atoms with van der Waals surface area (Å²) in [5, 5.41) is 3.50. The third kappa shape index (κ3) is 6.23. The van der Waals surface area contributed by atoms with Gasteiger partial charge in [0, 0.05) is 33.1 Å². The van der Waals surface area contributed by atoms with Crippen molar-refractivity contribution in [1.82, 2.24) is 0 Å². The van der Waals surface area contributed by atoms with E-state index in [4.69, 9.17) is 0 Å². The van der Waals surface area contributed by atoms with Gasteiger partial charge in [-0.3, -0.25) is 0 Å². The average molecular weight is 763 g/mol. The van der Waals surface area contributed by atoms with Crippen LogP contribution in [0.25, 0.3) is 21.2 Å². The molecule has 0 bridgehead atoms. The lowest BCUT2D eigenvalue weighted by atomic mass is 9.33. The van der Waals surface area contributed by atoms with Gasteiger partial charge in [0.1, 0.15) is 0 Å². The molecule has 9 rings (SSSR count). The molecular formula is C53H55BN2S. The average Bonchev–Trinajstić information content (AvgIpc) is 3.62. The van der Waals surface area contributed by atoms with Crippen molar-refractivity contribution in [2.45, 2.75) is 99.3 Å². The van der Waals surface area contributed by atoms with Crippen LogP contribution in [0.1, 0.15) is 95.7 Å². The molecule has 0 amide bonds. The Labute approximate surface area is 345 Å². The Hall–Kier alpha value is -5.06. The number of hydrogen-bond donors (Lipinski definition) is 0.